The summed E-state index contributed by atoms with van der Waals surface area (Å²) in [7, 11) is 0. The van der Waals surface area contributed by atoms with Crippen molar-refractivity contribution >= 4 is 17.3 Å². The summed E-state index contributed by atoms with van der Waals surface area (Å²) in [5, 5.41) is 6.35. The first-order valence-corrected chi connectivity index (χ1v) is 7.56. The number of aromatic nitrogens is 2. The molecule has 0 aliphatic carbocycles. The molecule has 0 saturated carbocycles. The van der Waals surface area contributed by atoms with Gasteiger partial charge in [0.05, 0.1) is 0 Å². The third kappa shape index (κ3) is 3.95. The summed E-state index contributed by atoms with van der Waals surface area (Å²) in [4.78, 5) is 9.07. The normalized spacial score (nSPS) is 10.2. The molecular weight excluding hydrogens is 303 g/mol. The van der Waals surface area contributed by atoms with E-state index in [1.165, 1.54) is 12.1 Å². The minimum atomic E-state index is -0.276. The van der Waals surface area contributed by atoms with Crippen LogP contribution in [0.25, 0.3) is 11.4 Å². The highest BCUT2D eigenvalue weighted by atomic mass is 19.1. The Hall–Kier alpha value is -3.21. The van der Waals surface area contributed by atoms with E-state index < -0.39 is 0 Å². The van der Waals surface area contributed by atoms with Crippen LogP contribution in [-0.2, 0) is 0 Å². The number of nitrogens with zero attached hydrogens (tertiary/aromatic N) is 2. The molecule has 2 aromatic carbocycles. The van der Waals surface area contributed by atoms with E-state index in [1.54, 1.807) is 24.3 Å². The van der Waals surface area contributed by atoms with E-state index in [2.05, 4.69) is 27.2 Å². The molecule has 3 rings (SSSR count). The molecule has 5 heteroatoms. The van der Waals surface area contributed by atoms with Gasteiger partial charge in [0.25, 0.3) is 0 Å². The van der Waals surface area contributed by atoms with Crippen molar-refractivity contribution in [3.8, 4) is 11.4 Å². The summed E-state index contributed by atoms with van der Waals surface area (Å²) in [5.74, 6) is 1.64. The van der Waals surface area contributed by atoms with Gasteiger partial charge < -0.3 is 10.6 Å². The summed E-state index contributed by atoms with van der Waals surface area (Å²) >= 11 is 0. The van der Waals surface area contributed by atoms with Crippen molar-refractivity contribution in [1.82, 2.24) is 9.97 Å². The summed E-state index contributed by atoms with van der Waals surface area (Å²) in [6.45, 7) is 4.30. The monoisotopic (exact) mass is 320 g/mol. The third-order valence-corrected chi connectivity index (χ3v) is 3.30. The molecule has 0 fully saturated rings. The number of anilines is 3. The lowest BCUT2D eigenvalue weighted by Gasteiger charge is -2.11. The van der Waals surface area contributed by atoms with Crippen molar-refractivity contribution in [2.75, 3.05) is 17.2 Å². The molecule has 0 unspecified atom stereocenters. The Morgan fingerprint density at radius 3 is 2.38 bits per heavy atom. The number of halogens is 1. The van der Waals surface area contributed by atoms with Crippen LogP contribution in [0.15, 0.2) is 73.3 Å². The molecule has 24 heavy (non-hydrogen) atoms. The zero-order valence-corrected chi connectivity index (χ0v) is 13.0. The molecule has 0 atom stereocenters. The van der Waals surface area contributed by atoms with Gasteiger partial charge in [0, 0.05) is 23.9 Å². The maximum Gasteiger partial charge on any atom is 0.163 e. The molecule has 0 bridgehead atoms. The average molecular weight is 320 g/mol. The van der Waals surface area contributed by atoms with E-state index in [9.17, 15) is 4.39 Å². The number of hydrogen-bond acceptors (Lipinski definition) is 4. The van der Waals surface area contributed by atoms with E-state index >= 15 is 0 Å². The molecule has 0 aliphatic rings. The Morgan fingerprint density at radius 1 is 0.958 bits per heavy atom. The fraction of sp³-hybridized carbons (Fsp3) is 0.0526. The van der Waals surface area contributed by atoms with Gasteiger partial charge in [-0.2, -0.15) is 0 Å². The van der Waals surface area contributed by atoms with Gasteiger partial charge in [-0.1, -0.05) is 36.4 Å². The second-order valence-corrected chi connectivity index (χ2v) is 5.13. The van der Waals surface area contributed by atoms with Gasteiger partial charge in [0.2, 0.25) is 0 Å². The van der Waals surface area contributed by atoms with Crippen molar-refractivity contribution in [3.05, 3.63) is 79.1 Å². The van der Waals surface area contributed by atoms with Gasteiger partial charge in [-0.25, -0.2) is 14.4 Å². The van der Waals surface area contributed by atoms with Crippen LogP contribution in [0.3, 0.4) is 0 Å². The second kappa shape index (κ2) is 7.37. The minimum absolute atomic E-state index is 0.276. The van der Waals surface area contributed by atoms with Crippen LogP contribution in [-0.4, -0.2) is 16.5 Å². The fourth-order valence-corrected chi connectivity index (χ4v) is 2.18. The summed E-state index contributed by atoms with van der Waals surface area (Å²) in [5.41, 5.74) is 1.67. The summed E-state index contributed by atoms with van der Waals surface area (Å²) in [6, 6.07) is 17.7. The SMILES string of the molecule is C=CCNc1cc(Nc2ccc(F)cc2)nc(-c2ccccc2)n1. The highest BCUT2D eigenvalue weighted by Crippen LogP contribution is 2.22. The number of hydrogen-bond donors (Lipinski definition) is 2. The predicted octanol–water partition coefficient (Wildman–Crippen LogP) is 4.62. The molecule has 1 heterocycles. The van der Waals surface area contributed by atoms with Gasteiger partial charge in [-0.05, 0) is 24.3 Å². The predicted molar refractivity (Wildman–Crippen MR) is 95.8 cm³/mol. The molecule has 0 radical (unpaired) electrons. The van der Waals surface area contributed by atoms with Crippen LogP contribution in [0.1, 0.15) is 0 Å². The molecule has 0 saturated heterocycles. The molecule has 0 spiro atoms. The lowest BCUT2D eigenvalue weighted by Crippen LogP contribution is -2.04. The van der Waals surface area contributed by atoms with Crippen molar-refractivity contribution in [2.45, 2.75) is 0 Å². The fourth-order valence-electron chi connectivity index (χ4n) is 2.18. The molecule has 0 amide bonds. The zero-order valence-electron chi connectivity index (χ0n) is 13.0. The average Bonchev–Trinajstić information content (AvgIpc) is 2.62. The maximum absolute atomic E-state index is 13.0. The van der Waals surface area contributed by atoms with Crippen molar-refractivity contribution in [3.63, 3.8) is 0 Å². The lowest BCUT2D eigenvalue weighted by atomic mass is 10.2. The van der Waals surface area contributed by atoms with E-state index in [0.29, 0.717) is 24.0 Å². The Kier molecular flexibility index (Phi) is 4.81. The van der Waals surface area contributed by atoms with Crippen LogP contribution in [0, 0.1) is 5.82 Å². The zero-order chi connectivity index (χ0) is 16.8. The molecular formula is C19H17FN4. The largest absolute Gasteiger partial charge is 0.366 e. The van der Waals surface area contributed by atoms with Crippen LogP contribution >= 0.6 is 0 Å². The van der Waals surface area contributed by atoms with Crippen molar-refractivity contribution in [1.29, 1.82) is 0 Å². The quantitative estimate of drug-likeness (QED) is 0.650. The minimum Gasteiger partial charge on any atom is -0.366 e. The Morgan fingerprint density at radius 2 is 1.67 bits per heavy atom. The van der Waals surface area contributed by atoms with Crippen LogP contribution < -0.4 is 10.6 Å². The Bertz CT molecular complexity index is 817. The van der Waals surface area contributed by atoms with Crippen LogP contribution in [0.4, 0.5) is 21.7 Å². The highest BCUT2D eigenvalue weighted by molar-refractivity contribution is 5.65. The Balaban J connectivity index is 1.94. The topological polar surface area (TPSA) is 49.8 Å². The smallest absolute Gasteiger partial charge is 0.163 e. The maximum atomic E-state index is 13.0. The second-order valence-electron chi connectivity index (χ2n) is 5.13. The van der Waals surface area contributed by atoms with Crippen LogP contribution in [0.5, 0.6) is 0 Å². The number of nitrogens with one attached hydrogen (secondary N) is 2. The van der Waals surface area contributed by atoms with E-state index in [-0.39, 0.29) is 5.82 Å². The van der Waals surface area contributed by atoms with Gasteiger partial charge >= 0.3 is 0 Å². The van der Waals surface area contributed by atoms with Gasteiger partial charge in [-0.3, -0.25) is 0 Å². The molecule has 4 nitrogen and oxygen atoms in total. The van der Waals surface area contributed by atoms with Gasteiger partial charge in [0.1, 0.15) is 17.5 Å². The Labute approximate surface area is 140 Å². The van der Waals surface area contributed by atoms with Gasteiger partial charge in [-0.15, -0.1) is 6.58 Å². The number of benzene rings is 2. The lowest BCUT2D eigenvalue weighted by molar-refractivity contribution is 0.628. The summed E-state index contributed by atoms with van der Waals surface area (Å²) in [6.07, 6.45) is 1.76. The number of rotatable bonds is 6. The molecule has 1 aromatic heterocycles. The third-order valence-electron chi connectivity index (χ3n) is 3.30. The van der Waals surface area contributed by atoms with E-state index in [1.807, 2.05) is 30.3 Å². The van der Waals surface area contributed by atoms with Gasteiger partial charge in [0.15, 0.2) is 5.82 Å². The summed E-state index contributed by atoms with van der Waals surface area (Å²) < 4.78 is 13.0. The first-order chi connectivity index (χ1) is 11.7. The van der Waals surface area contributed by atoms with Crippen molar-refractivity contribution < 1.29 is 4.39 Å². The molecule has 120 valence electrons. The first-order valence-electron chi connectivity index (χ1n) is 7.56. The molecule has 3 aromatic rings. The van der Waals surface area contributed by atoms with E-state index in [4.69, 9.17) is 0 Å². The van der Waals surface area contributed by atoms with Crippen LogP contribution in [0.2, 0.25) is 0 Å². The molecule has 0 aliphatic heterocycles. The highest BCUT2D eigenvalue weighted by Gasteiger charge is 2.07. The first kappa shape index (κ1) is 15.7. The standard InChI is InChI=1S/C19H17FN4/c1-2-12-21-17-13-18(22-16-10-8-15(20)9-11-16)24-19(23-17)14-6-4-3-5-7-14/h2-11,13H,1,12H2,(H2,21,22,23,24). The van der Waals surface area contributed by atoms with E-state index in [0.717, 1.165) is 11.3 Å². The molecule has 2 N–H and O–H groups in total. The van der Waals surface area contributed by atoms with Crippen molar-refractivity contribution in [2.24, 2.45) is 0 Å².